The summed E-state index contributed by atoms with van der Waals surface area (Å²) in [6.07, 6.45) is -0.318. The summed E-state index contributed by atoms with van der Waals surface area (Å²) < 4.78 is 18.6. The monoisotopic (exact) mass is 358 g/mol. The third-order valence-corrected chi connectivity index (χ3v) is 3.80. The summed E-state index contributed by atoms with van der Waals surface area (Å²) in [5.41, 5.74) is 2.87. The molecule has 1 atom stereocenters. The summed E-state index contributed by atoms with van der Waals surface area (Å²) >= 11 is 0. The number of hydrogen-bond acceptors (Lipinski definition) is 5. The number of carbonyl (C=O) groups excluding carboxylic acids is 1. The minimum Gasteiger partial charge on any atom is -0.367 e. The molecule has 1 heterocycles. The van der Waals surface area contributed by atoms with E-state index < -0.39 is 6.04 Å². The number of aliphatic hydroxyl groups is 1. The van der Waals surface area contributed by atoms with Gasteiger partial charge in [-0.2, -0.15) is 4.39 Å². The maximum absolute atomic E-state index is 13.2. The normalized spacial score (nSPS) is 18.9. The second kappa shape index (κ2) is 8.07. The van der Waals surface area contributed by atoms with Crippen LogP contribution in [0.15, 0.2) is 59.8 Å². The molecular weight excluding hydrogens is 339 g/mol. The van der Waals surface area contributed by atoms with Crippen molar-refractivity contribution in [1.29, 1.82) is 0 Å². The standard InChI is InChI=1S/C19H19FN2O4/c20-19(24)10-17(22-26-19)16-8-6-14(7-9-16)11-21-18(23)13-25-12-15-4-2-1-3-5-15/h1-9,24H,10-13H2,(H,21,23). The van der Waals surface area contributed by atoms with Gasteiger partial charge in [-0.25, -0.2) is 0 Å². The van der Waals surface area contributed by atoms with Crippen LogP contribution in [0.4, 0.5) is 4.39 Å². The third-order valence-electron chi connectivity index (χ3n) is 3.80. The Morgan fingerprint density at radius 2 is 1.92 bits per heavy atom. The van der Waals surface area contributed by atoms with E-state index >= 15 is 0 Å². The fourth-order valence-electron chi connectivity index (χ4n) is 2.45. The molecule has 3 rings (SSSR count). The Morgan fingerprint density at radius 3 is 2.58 bits per heavy atom. The molecule has 1 aliphatic rings. The molecule has 0 aromatic heterocycles. The lowest BCUT2D eigenvalue weighted by atomic mass is 10.1. The van der Waals surface area contributed by atoms with Gasteiger partial charge < -0.3 is 20.0 Å². The van der Waals surface area contributed by atoms with Crippen LogP contribution in [0.25, 0.3) is 0 Å². The van der Waals surface area contributed by atoms with E-state index in [1.807, 2.05) is 30.3 Å². The van der Waals surface area contributed by atoms with Gasteiger partial charge >= 0.3 is 6.04 Å². The first-order valence-corrected chi connectivity index (χ1v) is 8.16. The second-order valence-electron chi connectivity index (χ2n) is 5.95. The lowest BCUT2D eigenvalue weighted by Crippen LogP contribution is -2.27. The topological polar surface area (TPSA) is 80.2 Å². The minimum absolute atomic E-state index is 0.0177. The second-order valence-corrected chi connectivity index (χ2v) is 5.95. The van der Waals surface area contributed by atoms with Crippen LogP contribution in [-0.2, 0) is 27.5 Å². The molecule has 1 aliphatic heterocycles. The third kappa shape index (κ3) is 5.11. The number of ether oxygens (including phenoxy) is 1. The van der Waals surface area contributed by atoms with Crippen molar-refractivity contribution >= 4 is 11.6 Å². The lowest BCUT2D eigenvalue weighted by molar-refractivity contribution is -0.273. The first-order valence-electron chi connectivity index (χ1n) is 8.16. The van der Waals surface area contributed by atoms with Crippen molar-refractivity contribution in [2.45, 2.75) is 25.6 Å². The zero-order chi connectivity index (χ0) is 18.4. The quantitative estimate of drug-likeness (QED) is 0.796. The number of amides is 1. The fraction of sp³-hybridized carbons (Fsp3) is 0.263. The average molecular weight is 358 g/mol. The molecule has 1 unspecified atom stereocenters. The van der Waals surface area contributed by atoms with Gasteiger partial charge in [-0.3, -0.25) is 4.79 Å². The molecule has 0 saturated carbocycles. The molecule has 26 heavy (non-hydrogen) atoms. The maximum atomic E-state index is 13.2. The molecule has 2 aromatic carbocycles. The Kier molecular flexibility index (Phi) is 5.60. The van der Waals surface area contributed by atoms with Gasteiger partial charge in [0, 0.05) is 6.54 Å². The first kappa shape index (κ1) is 18.0. The van der Waals surface area contributed by atoms with E-state index in [1.165, 1.54) is 0 Å². The molecular formula is C19H19FN2O4. The van der Waals surface area contributed by atoms with Crippen molar-refractivity contribution in [3.05, 3.63) is 71.3 Å². The highest BCUT2D eigenvalue weighted by atomic mass is 19.2. The van der Waals surface area contributed by atoms with Crippen LogP contribution in [0.3, 0.4) is 0 Å². The molecule has 0 saturated heterocycles. The van der Waals surface area contributed by atoms with Gasteiger partial charge in [0.15, 0.2) is 0 Å². The number of oxime groups is 1. The van der Waals surface area contributed by atoms with Gasteiger partial charge in [0.05, 0.1) is 18.7 Å². The van der Waals surface area contributed by atoms with Crippen LogP contribution in [0.5, 0.6) is 0 Å². The number of halogens is 1. The van der Waals surface area contributed by atoms with Gasteiger partial charge in [0.1, 0.15) is 6.61 Å². The van der Waals surface area contributed by atoms with E-state index in [0.29, 0.717) is 24.4 Å². The largest absolute Gasteiger partial charge is 0.388 e. The molecule has 0 radical (unpaired) electrons. The van der Waals surface area contributed by atoms with Crippen molar-refractivity contribution < 1.29 is 23.9 Å². The van der Waals surface area contributed by atoms with Crippen LogP contribution in [0.2, 0.25) is 0 Å². The summed E-state index contributed by atoms with van der Waals surface area (Å²) in [6.45, 7) is 0.716. The first-order chi connectivity index (χ1) is 12.5. The SMILES string of the molecule is O=C(COCc1ccccc1)NCc1ccc(C2=NOC(O)(F)C2)cc1. The summed E-state index contributed by atoms with van der Waals surface area (Å²) in [6, 6.07) is 13.9. The van der Waals surface area contributed by atoms with Crippen molar-refractivity contribution in [3.8, 4) is 0 Å². The summed E-state index contributed by atoms with van der Waals surface area (Å²) in [5.74, 6) is -0.207. The van der Waals surface area contributed by atoms with Crippen molar-refractivity contribution in [2.75, 3.05) is 6.61 Å². The Balaban J connectivity index is 1.41. The van der Waals surface area contributed by atoms with E-state index in [0.717, 1.165) is 11.1 Å². The summed E-state index contributed by atoms with van der Waals surface area (Å²) in [4.78, 5) is 16.1. The van der Waals surface area contributed by atoms with Crippen LogP contribution in [0, 0.1) is 0 Å². The molecule has 7 heteroatoms. The smallest absolute Gasteiger partial charge is 0.367 e. The number of nitrogens with zero attached hydrogens (tertiary/aromatic N) is 1. The molecule has 0 fully saturated rings. The molecule has 0 aliphatic carbocycles. The Hall–Kier alpha value is -2.77. The van der Waals surface area contributed by atoms with E-state index in [9.17, 15) is 9.18 Å². The van der Waals surface area contributed by atoms with Crippen molar-refractivity contribution in [2.24, 2.45) is 5.16 Å². The Labute approximate surface area is 150 Å². The van der Waals surface area contributed by atoms with E-state index in [1.54, 1.807) is 24.3 Å². The van der Waals surface area contributed by atoms with Crippen LogP contribution in [0.1, 0.15) is 23.1 Å². The fourth-order valence-corrected chi connectivity index (χ4v) is 2.45. The maximum Gasteiger partial charge on any atom is 0.388 e. The molecule has 6 nitrogen and oxygen atoms in total. The number of rotatable bonds is 7. The number of nitrogens with one attached hydrogen (secondary N) is 1. The lowest BCUT2D eigenvalue weighted by Gasteiger charge is -2.08. The van der Waals surface area contributed by atoms with Gasteiger partial charge in [0.25, 0.3) is 0 Å². The van der Waals surface area contributed by atoms with Gasteiger partial charge in [-0.1, -0.05) is 59.8 Å². The van der Waals surface area contributed by atoms with Gasteiger partial charge in [0.2, 0.25) is 5.91 Å². The van der Waals surface area contributed by atoms with Gasteiger partial charge in [-0.15, -0.1) is 0 Å². The minimum atomic E-state index is -2.73. The summed E-state index contributed by atoms with van der Waals surface area (Å²) in [7, 11) is 0. The van der Waals surface area contributed by atoms with Gasteiger partial charge in [-0.05, 0) is 16.7 Å². The van der Waals surface area contributed by atoms with Crippen molar-refractivity contribution in [1.82, 2.24) is 5.32 Å². The number of hydrogen-bond donors (Lipinski definition) is 2. The average Bonchev–Trinajstić information content (AvgIpc) is 3.01. The van der Waals surface area contributed by atoms with Crippen LogP contribution >= 0.6 is 0 Å². The highest BCUT2D eigenvalue weighted by Crippen LogP contribution is 2.25. The van der Waals surface area contributed by atoms with E-state index in [4.69, 9.17) is 9.84 Å². The zero-order valence-electron chi connectivity index (χ0n) is 14.0. The van der Waals surface area contributed by atoms with E-state index in [2.05, 4.69) is 15.3 Å². The summed E-state index contributed by atoms with van der Waals surface area (Å²) in [5, 5.41) is 15.4. The molecule has 0 bridgehead atoms. The molecule has 2 N–H and O–H groups in total. The molecule has 1 amide bonds. The number of carbonyl (C=O) groups is 1. The predicted molar refractivity (Wildman–Crippen MR) is 92.7 cm³/mol. The molecule has 0 spiro atoms. The highest BCUT2D eigenvalue weighted by molar-refractivity contribution is 6.01. The highest BCUT2D eigenvalue weighted by Gasteiger charge is 2.37. The molecule has 136 valence electrons. The number of alkyl halides is 1. The molecule has 2 aromatic rings. The van der Waals surface area contributed by atoms with Crippen molar-refractivity contribution in [3.63, 3.8) is 0 Å². The zero-order valence-corrected chi connectivity index (χ0v) is 14.0. The number of benzene rings is 2. The predicted octanol–water partition coefficient (Wildman–Crippen LogP) is 2.26. The van der Waals surface area contributed by atoms with E-state index in [-0.39, 0.29) is 18.9 Å². The Bertz CT molecular complexity index is 776. The van der Waals surface area contributed by atoms with Crippen LogP contribution in [-0.4, -0.2) is 29.4 Å². The van der Waals surface area contributed by atoms with Crippen LogP contribution < -0.4 is 5.32 Å². The Morgan fingerprint density at radius 1 is 1.19 bits per heavy atom.